The molecule has 1 saturated heterocycles. The van der Waals surface area contributed by atoms with Crippen molar-refractivity contribution in [1.29, 1.82) is 0 Å². The van der Waals surface area contributed by atoms with Gasteiger partial charge >= 0.3 is 6.09 Å². The van der Waals surface area contributed by atoms with Crippen molar-refractivity contribution in [2.45, 2.75) is 119 Å². The second-order valence-electron chi connectivity index (χ2n) is 15.2. The van der Waals surface area contributed by atoms with Crippen LogP contribution in [0.5, 0.6) is 0 Å². The summed E-state index contributed by atoms with van der Waals surface area (Å²) < 4.78 is 89.9. The Morgan fingerprint density at radius 1 is 1.04 bits per heavy atom. The monoisotopic (exact) mass is 883 g/mol. The molecule has 2 aromatic rings. The van der Waals surface area contributed by atoms with E-state index in [1.807, 2.05) is 19.1 Å². The number of nitrogens with zero attached hydrogens (tertiary/aromatic N) is 1. The van der Waals surface area contributed by atoms with Crippen molar-refractivity contribution in [2.24, 2.45) is 11.8 Å². The minimum Gasteiger partial charge on any atom is -0.446 e. The molecule has 3 amide bonds. The van der Waals surface area contributed by atoms with Crippen LogP contribution < -0.4 is 10.6 Å². The highest BCUT2D eigenvalue weighted by Crippen LogP contribution is 2.74. The van der Waals surface area contributed by atoms with Crippen LogP contribution in [0.2, 0.25) is 0 Å². The molecular weight excluding hydrogens is 835 g/mol. The van der Waals surface area contributed by atoms with Crippen LogP contribution in [0.15, 0.2) is 64.0 Å². The van der Waals surface area contributed by atoms with Gasteiger partial charge in [0.05, 0.1) is 23.8 Å². The van der Waals surface area contributed by atoms with E-state index >= 15 is 13.3 Å². The molecule has 6 rings (SSSR count). The summed E-state index contributed by atoms with van der Waals surface area (Å²) in [6.45, 7) is 3.02. The first-order chi connectivity index (χ1) is 26.7. The first-order valence-electron chi connectivity index (χ1n) is 19.3. The minimum absolute atomic E-state index is 0.0819. The summed E-state index contributed by atoms with van der Waals surface area (Å²) in [4.78, 5) is 43.6. The lowest BCUT2D eigenvalue weighted by Crippen LogP contribution is -2.57. The molecule has 2 aliphatic heterocycles. The number of halogens is 3. The highest BCUT2D eigenvalue weighted by molar-refractivity contribution is 9.10. The van der Waals surface area contributed by atoms with Crippen molar-refractivity contribution < 1.29 is 49.6 Å². The van der Waals surface area contributed by atoms with Crippen molar-refractivity contribution >= 4 is 51.3 Å². The number of carbonyl (C=O) groups is 3. The highest BCUT2D eigenvalue weighted by Gasteiger charge is 2.67. The molecule has 0 radical (unpaired) electrons. The van der Waals surface area contributed by atoms with E-state index in [4.69, 9.17) is 13.4 Å². The molecule has 7 atom stereocenters. The number of hydrogen-bond donors (Lipinski definition) is 2. The van der Waals surface area contributed by atoms with E-state index in [1.54, 1.807) is 6.92 Å². The highest BCUT2D eigenvalue weighted by atomic mass is 79.9. The van der Waals surface area contributed by atoms with E-state index in [1.165, 1.54) is 35.2 Å². The third kappa shape index (κ3) is 9.41. The van der Waals surface area contributed by atoms with Gasteiger partial charge in [0.25, 0.3) is 10.1 Å². The maximum Gasteiger partial charge on any atom is 0.408 e. The summed E-state index contributed by atoms with van der Waals surface area (Å²) in [5, 5.41) is 4.09. The van der Waals surface area contributed by atoms with Gasteiger partial charge in [0.2, 0.25) is 19.2 Å². The molecule has 2 saturated carbocycles. The summed E-state index contributed by atoms with van der Waals surface area (Å²) in [6, 6.07) is 6.64. The quantitative estimate of drug-likeness (QED) is 0.140. The molecule has 17 heteroatoms. The fourth-order valence-corrected chi connectivity index (χ4v) is 12.5. The van der Waals surface area contributed by atoms with Crippen LogP contribution in [0.3, 0.4) is 0 Å². The molecule has 0 spiro atoms. The molecule has 1 unspecified atom stereocenters. The number of fused-ring (bicyclic) bond motifs is 2. The molecule has 0 aromatic heterocycles. The number of nitrogens with one attached hydrogen (secondary N) is 2. The van der Waals surface area contributed by atoms with Crippen LogP contribution in [0.1, 0.15) is 83.6 Å². The average molecular weight is 885 g/mol. The Balaban J connectivity index is 1.36. The largest absolute Gasteiger partial charge is 0.446 e. The Morgan fingerprint density at radius 3 is 2.39 bits per heavy atom. The summed E-state index contributed by atoms with van der Waals surface area (Å²) in [7, 11) is -8.52. The third-order valence-electron chi connectivity index (χ3n) is 11.2. The lowest BCUT2D eigenvalue weighted by atomic mass is 9.94. The zero-order valence-corrected chi connectivity index (χ0v) is 34.8. The van der Waals surface area contributed by atoms with E-state index in [9.17, 15) is 22.8 Å². The van der Waals surface area contributed by atoms with Gasteiger partial charge in [0.15, 0.2) is 0 Å². The topological polar surface area (TPSA) is 157 Å². The molecule has 56 heavy (non-hydrogen) atoms. The second-order valence-corrected chi connectivity index (χ2v) is 20.4. The second kappa shape index (κ2) is 17.8. The van der Waals surface area contributed by atoms with Gasteiger partial charge < -0.3 is 24.8 Å². The van der Waals surface area contributed by atoms with Crippen molar-refractivity contribution in [1.82, 2.24) is 15.5 Å². The molecule has 2 heterocycles. The van der Waals surface area contributed by atoms with Gasteiger partial charge in [-0.05, 0) is 101 Å². The first kappa shape index (κ1) is 42.4. The number of rotatable bonds is 10. The lowest BCUT2D eigenvalue weighted by Gasteiger charge is -2.34. The summed E-state index contributed by atoms with van der Waals surface area (Å²) >= 11 is 3.29. The molecule has 2 N–H and O–H groups in total. The predicted octanol–water partition coefficient (Wildman–Crippen LogP) is 7.55. The smallest absolute Gasteiger partial charge is 0.408 e. The zero-order valence-electron chi connectivity index (χ0n) is 31.5. The third-order valence-corrected chi connectivity index (χ3v) is 16.4. The van der Waals surface area contributed by atoms with Crippen LogP contribution >= 0.6 is 23.3 Å². The van der Waals surface area contributed by atoms with Gasteiger partial charge in [-0.3, -0.25) is 18.3 Å². The summed E-state index contributed by atoms with van der Waals surface area (Å²) in [5.74, 6) is -4.16. The molecule has 306 valence electrons. The van der Waals surface area contributed by atoms with E-state index in [0.29, 0.717) is 36.6 Å². The van der Waals surface area contributed by atoms with Crippen molar-refractivity contribution in [3.8, 4) is 0 Å². The number of benzene rings is 2. The summed E-state index contributed by atoms with van der Waals surface area (Å²) in [6.07, 6.45) is 6.63. The van der Waals surface area contributed by atoms with Gasteiger partial charge in [-0.1, -0.05) is 47.5 Å². The molecule has 12 nitrogen and oxygen atoms in total. The van der Waals surface area contributed by atoms with Crippen LogP contribution in [0.4, 0.5) is 13.6 Å². The van der Waals surface area contributed by atoms with Crippen LogP contribution in [-0.4, -0.2) is 73.9 Å². The Morgan fingerprint density at radius 2 is 1.71 bits per heavy atom. The maximum absolute atomic E-state index is 15.0. The Kier molecular flexibility index (Phi) is 13.5. The molecule has 4 aliphatic rings. The zero-order chi connectivity index (χ0) is 40.3. The fourth-order valence-electron chi connectivity index (χ4n) is 8.12. The van der Waals surface area contributed by atoms with Gasteiger partial charge in [-0.15, -0.1) is 0 Å². The van der Waals surface area contributed by atoms with E-state index in [-0.39, 0.29) is 37.0 Å². The molecule has 2 aliphatic carbocycles. The number of carbonyl (C=O) groups excluding carboxylic acids is 3. The molecule has 2 aromatic carbocycles. The number of alkyl carbamates (subject to hydrolysis) is 1. The van der Waals surface area contributed by atoms with Crippen molar-refractivity contribution in [3.63, 3.8) is 0 Å². The molecule has 3 fully saturated rings. The normalized spacial score (nSPS) is 28.7. The minimum atomic E-state index is -4.37. The van der Waals surface area contributed by atoms with Crippen LogP contribution in [0, 0.1) is 23.5 Å². The van der Waals surface area contributed by atoms with Crippen molar-refractivity contribution in [3.05, 3.63) is 76.3 Å². The van der Waals surface area contributed by atoms with Gasteiger partial charge in [-0.2, -0.15) is 8.42 Å². The molecular formula is C39H49BrF2N3O9PS. The Hall–Kier alpha value is -3.17. The standard InChI is InChI=1S/C39H49BrF2N3O9PS/c1-3-52-55(49,24-31-32(41)15-10-16-33(31)42)39-22-26(39)12-7-5-4-6-11-25(2)35(43-38(48)53-28-13-8-9-14-28)37(47)45-23-29(21-34(45)36(46)44-39)54-56(50,51)30-19-17-27(40)18-20-30/h7,10,12,15-20,25-26,28-29,34-35H,3-6,8-9,11,13-14,21-24H2,1-2H3,(H,43,48)(H,44,46)/t25-,26-,29+,34+,35+,39+,55?/m1/s1. The first-order valence-corrected chi connectivity index (χ1v) is 23.3. The van der Waals surface area contributed by atoms with E-state index in [0.717, 1.165) is 31.4 Å². The predicted molar refractivity (Wildman–Crippen MR) is 207 cm³/mol. The summed E-state index contributed by atoms with van der Waals surface area (Å²) in [5.41, 5.74) is -0.435. The maximum atomic E-state index is 15.0. The van der Waals surface area contributed by atoms with Gasteiger partial charge in [0, 0.05) is 28.9 Å². The Bertz CT molecular complexity index is 1950. The molecule has 0 bridgehead atoms. The Labute approximate surface area is 335 Å². The van der Waals surface area contributed by atoms with Gasteiger partial charge in [-0.25, -0.2) is 13.6 Å². The van der Waals surface area contributed by atoms with Crippen molar-refractivity contribution in [2.75, 3.05) is 13.2 Å². The number of hydrogen-bond acceptors (Lipinski definition) is 9. The number of allylic oxidation sites excluding steroid dienone is 1. The van der Waals surface area contributed by atoms with Crippen LogP contribution in [0.25, 0.3) is 0 Å². The number of amides is 3. The van der Waals surface area contributed by atoms with Gasteiger partial charge in [0.1, 0.15) is 35.1 Å². The average Bonchev–Trinajstić information content (AvgIpc) is 3.42. The fraction of sp³-hybridized carbons (Fsp3) is 0.564. The van der Waals surface area contributed by atoms with E-state index < -0.39 is 94.1 Å². The number of ether oxygens (including phenoxy) is 1. The lowest BCUT2D eigenvalue weighted by molar-refractivity contribution is -0.141. The SMILES string of the molecule is CCOP(=O)(Cc1c(F)cccc1F)[C@@]12C[C@H]1C=CCCCC[C@@H](C)[C@H](NC(=O)OC1CCCC1)C(=O)N1C[C@@H](OS(=O)(=O)c3ccc(Br)cc3)C[C@H]1C(=O)N2. The van der Waals surface area contributed by atoms with Crippen LogP contribution in [-0.2, 0) is 43.9 Å². The van der Waals surface area contributed by atoms with E-state index in [2.05, 4.69) is 26.6 Å².